The lowest BCUT2D eigenvalue weighted by molar-refractivity contribution is 0.122. The van der Waals surface area contributed by atoms with E-state index in [-0.39, 0.29) is 0 Å². The van der Waals surface area contributed by atoms with Crippen LogP contribution in [0.1, 0.15) is 0 Å². The first-order valence-electron chi connectivity index (χ1n) is 8.92. The fraction of sp³-hybridized carbons (Fsp3) is 0.200. The Hall–Kier alpha value is -3.32. The van der Waals surface area contributed by atoms with Crippen LogP contribution in [0.15, 0.2) is 61.3 Å². The van der Waals surface area contributed by atoms with Gasteiger partial charge in [0.1, 0.15) is 5.82 Å². The number of ether oxygens (including phenoxy) is 1. The Bertz CT molecular complexity index is 1050. The highest BCUT2D eigenvalue weighted by molar-refractivity contribution is 5.79. The van der Waals surface area contributed by atoms with Gasteiger partial charge in [-0.2, -0.15) is 5.10 Å². The van der Waals surface area contributed by atoms with Crippen molar-refractivity contribution in [3.63, 3.8) is 0 Å². The molecular formula is C20H18N6O. The lowest BCUT2D eigenvalue weighted by atomic mass is 10.1. The fourth-order valence-electron chi connectivity index (χ4n) is 3.37. The third kappa shape index (κ3) is 2.92. The monoisotopic (exact) mass is 358 g/mol. The van der Waals surface area contributed by atoms with Crippen molar-refractivity contribution >= 4 is 11.5 Å². The predicted molar refractivity (Wildman–Crippen MR) is 102 cm³/mol. The summed E-state index contributed by atoms with van der Waals surface area (Å²) in [5, 5.41) is 4.50. The zero-order valence-electron chi connectivity index (χ0n) is 14.7. The van der Waals surface area contributed by atoms with Crippen LogP contribution in [0.25, 0.3) is 28.0 Å². The largest absolute Gasteiger partial charge is 0.378 e. The Morgan fingerprint density at radius 2 is 1.67 bits per heavy atom. The minimum atomic E-state index is 0.748. The van der Waals surface area contributed by atoms with Gasteiger partial charge < -0.3 is 9.64 Å². The van der Waals surface area contributed by atoms with E-state index in [4.69, 9.17) is 4.74 Å². The first kappa shape index (κ1) is 15.9. The number of aromatic nitrogens is 5. The topological polar surface area (TPSA) is 68.4 Å². The molecule has 7 heteroatoms. The third-order valence-corrected chi connectivity index (χ3v) is 4.77. The average molecular weight is 358 g/mol. The van der Waals surface area contributed by atoms with Gasteiger partial charge in [-0.15, -0.1) is 0 Å². The molecule has 0 spiro atoms. The van der Waals surface area contributed by atoms with Gasteiger partial charge in [-0.3, -0.25) is 4.98 Å². The van der Waals surface area contributed by atoms with E-state index in [2.05, 4.69) is 31.0 Å². The average Bonchev–Trinajstić information content (AvgIpc) is 3.19. The number of anilines is 1. The number of imidazole rings is 1. The molecule has 1 fully saturated rings. The third-order valence-electron chi connectivity index (χ3n) is 4.77. The molecule has 0 aromatic carbocycles. The summed E-state index contributed by atoms with van der Waals surface area (Å²) in [6.45, 7) is 3.24. The molecule has 0 unspecified atom stereocenters. The molecule has 0 atom stereocenters. The van der Waals surface area contributed by atoms with E-state index in [9.17, 15) is 0 Å². The van der Waals surface area contributed by atoms with E-state index >= 15 is 0 Å². The zero-order valence-corrected chi connectivity index (χ0v) is 14.7. The molecule has 1 saturated heterocycles. The van der Waals surface area contributed by atoms with E-state index in [0.29, 0.717) is 0 Å². The van der Waals surface area contributed by atoms with Crippen LogP contribution in [0, 0.1) is 0 Å². The van der Waals surface area contributed by atoms with Gasteiger partial charge in [0, 0.05) is 49.0 Å². The highest BCUT2D eigenvalue weighted by atomic mass is 16.5. The van der Waals surface area contributed by atoms with Gasteiger partial charge in [-0.25, -0.2) is 14.5 Å². The van der Waals surface area contributed by atoms with Crippen molar-refractivity contribution in [2.45, 2.75) is 0 Å². The number of nitrogens with zero attached hydrogens (tertiary/aromatic N) is 6. The first-order valence-corrected chi connectivity index (χ1v) is 8.92. The van der Waals surface area contributed by atoms with Gasteiger partial charge in [-0.05, 0) is 35.9 Å². The van der Waals surface area contributed by atoms with Crippen LogP contribution in [0.2, 0.25) is 0 Å². The maximum atomic E-state index is 5.41. The summed E-state index contributed by atoms with van der Waals surface area (Å²) in [4.78, 5) is 15.6. The molecule has 0 aliphatic carbocycles. The number of fused-ring (bicyclic) bond motifs is 1. The van der Waals surface area contributed by atoms with Crippen LogP contribution in [0.4, 0.5) is 5.82 Å². The van der Waals surface area contributed by atoms with E-state index < -0.39 is 0 Å². The maximum absolute atomic E-state index is 5.41. The lowest BCUT2D eigenvalue weighted by Gasteiger charge is -2.27. The fourth-order valence-corrected chi connectivity index (χ4v) is 3.37. The van der Waals surface area contributed by atoms with Gasteiger partial charge in [-0.1, -0.05) is 0 Å². The van der Waals surface area contributed by atoms with Crippen molar-refractivity contribution in [3.05, 3.63) is 61.3 Å². The van der Waals surface area contributed by atoms with Crippen LogP contribution in [0.3, 0.4) is 0 Å². The highest BCUT2D eigenvalue weighted by Crippen LogP contribution is 2.27. The van der Waals surface area contributed by atoms with Gasteiger partial charge in [0.2, 0.25) is 0 Å². The van der Waals surface area contributed by atoms with Crippen LogP contribution in [0.5, 0.6) is 0 Å². The quantitative estimate of drug-likeness (QED) is 0.561. The molecule has 0 bridgehead atoms. The Kier molecular flexibility index (Phi) is 3.99. The Morgan fingerprint density at radius 1 is 0.815 bits per heavy atom. The van der Waals surface area contributed by atoms with Crippen molar-refractivity contribution in [2.75, 3.05) is 31.2 Å². The van der Waals surface area contributed by atoms with Crippen LogP contribution in [-0.2, 0) is 4.74 Å². The second-order valence-electron chi connectivity index (χ2n) is 6.36. The minimum Gasteiger partial charge on any atom is -0.378 e. The molecule has 0 radical (unpaired) electrons. The molecule has 7 nitrogen and oxygen atoms in total. The van der Waals surface area contributed by atoms with Crippen LogP contribution < -0.4 is 4.90 Å². The summed E-state index contributed by atoms with van der Waals surface area (Å²) in [7, 11) is 0. The molecule has 4 aromatic rings. The SMILES string of the molecule is c1cc(-c2ccnn3c(-c4ccc(N5CCOCC5)nc4)cnc23)ccn1. The van der Waals surface area contributed by atoms with Crippen molar-refractivity contribution in [1.82, 2.24) is 24.6 Å². The van der Waals surface area contributed by atoms with E-state index in [1.165, 1.54) is 0 Å². The number of pyridine rings is 2. The molecule has 5 rings (SSSR count). The molecule has 0 N–H and O–H groups in total. The molecule has 1 aliphatic heterocycles. The zero-order chi connectivity index (χ0) is 18.1. The second kappa shape index (κ2) is 6.77. The van der Waals surface area contributed by atoms with E-state index in [1.54, 1.807) is 18.6 Å². The number of morpholine rings is 1. The molecule has 1 aliphatic rings. The Labute approximate surface area is 156 Å². The van der Waals surface area contributed by atoms with E-state index in [0.717, 1.165) is 60.2 Å². The molecule has 27 heavy (non-hydrogen) atoms. The van der Waals surface area contributed by atoms with Crippen molar-refractivity contribution in [2.24, 2.45) is 0 Å². The summed E-state index contributed by atoms with van der Waals surface area (Å²) in [6, 6.07) is 10.0. The normalized spacial score (nSPS) is 14.6. The molecular weight excluding hydrogens is 340 g/mol. The molecule has 134 valence electrons. The summed E-state index contributed by atoms with van der Waals surface area (Å²) >= 11 is 0. The number of hydrogen-bond acceptors (Lipinski definition) is 6. The van der Waals surface area contributed by atoms with Crippen molar-refractivity contribution < 1.29 is 4.74 Å². The molecule has 4 aromatic heterocycles. The molecule has 0 amide bonds. The summed E-state index contributed by atoms with van der Waals surface area (Å²) < 4.78 is 7.27. The second-order valence-corrected chi connectivity index (χ2v) is 6.36. The van der Waals surface area contributed by atoms with Gasteiger partial charge in [0.05, 0.1) is 25.1 Å². The van der Waals surface area contributed by atoms with Gasteiger partial charge >= 0.3 is 0 Å². The minimum absolute atomic E-state index is 0.748. The molecule has 0 saturated carbocycles. The number of hydrogen-bond donors (Lipinski definition) is 0. The maximum Gasteiger partial charge on any atom is 0.162 e. The van der Waals surface area contributed by atoms with Crippen LogP contribution in [-0.4, -0.2) is 50.9 Å². The van der Waals surface area contributed by atoms with Crippen LogP contribution >= 0.6 is 0 Å². The molecule has 5 heterocycles. The predicted octanol–water partition coefficient (Wildman–Crippen LogP) is 2.69. The smallest absolute Gasteiger partial charge is 0.162 e. The van der Waals surface area contributed by atoms with Gasteiger partial charge in [0.15, 0.2) is 5.65 Å². The van der Waals surface area contributed by atoms with Crippen molar-refractivity contribution in [1.29, 1.82) is 0 Å². The highest BCUT2D eigenvalue weighted by Gasteiger charge is 2.15. The first-order chi connectivity index (χ1) is 13.4. The Balaban J connectivity index is 1.52. The Morgan fingerprint density at radius 3 is 2.44 bits per heavy atom. The number of rotatable bonds is 3. The summed E-state index contributed by atoms with van der Waals surface area (Å²) in [5.41, 5.74) is 4.81. The van der Waals surface area contributed by atoms with Crippen molar-refractivity contribution in [3.8, 4) is 22.4 Å². The summed E-state index contributed by atoms with van der Waals surface area (Å²) in [6.07, 6.45) is 9.09. The van der Waals surface area contributed by atoms with E-state index in [1.807, 2.05) is 41.2 Å². The van der Waals surface area contributed by atoms with Gasteiger partial charge in [0.25, 0.3) is 0 Å². The standard InChI is InChI=1S/C20H18N6O/c1-2-19(25-9-11-27-12-10-25)22-13-16(1)18-14-23-20-17(5-8-24-26(18)20)15-3-6-21-7-4-15/h1-8,13-14H,9-12H2. The summed E-state index contributed by atoms with van der Waals surface area (Å²) in [5.74, 6) is 0.973. The lowest BCUT2D eigenvalue weighted by Crippen LogP contribution is -2.36.